The summed E-state index contributed by atoms with van der Waals surface area (Å²) in [5, 5.41) is 13.2. The number of aryl methyl sites for hydroxylation is 1. The van der Waals surface area contributed by atoms with E-state index in [0.29, 0.717) is 17.8 Å². The highest BCUT2D eigenvalue weighted by Gasteiger charge is 2.47. The van der Waals surface area contributed by atoms with Crippen molar-refractivity contribution in [2.24, 2.45) is 0 Å². The second-order valence-corrected chi connectivity index (χ2v) is 6.60. The van der Waals surface area contributed by atoms with Gasteiger partial charge in [-0.15, -0.1) is 0 Å². The van der Waals surface area contributed by atoms with Crippen LogP contribution in [0.1, 0.15) is 12.0 Å². The monoisotopic (exact) mass is 369 g/mol. The standard InChI is InChI=1S/C21H18F3N3/c22-21(23,24)19-13-12-15-7-2-4-11-18(15)27(19)20(25)26-17-10-5-8-14-6-1-3-9-16(14)17/h1-11,19H,12-13H2,(H2,25,26). The van der Waals surface area contributed by atoms with Gasteiger partial charge < -0.3 is 10.2 Å². The van der Waals surface area contributed by atoms with E-state index < -0.39 is 12.2 Å². The number of nitrogens with one attached hydrogen (secondary N) is 2. The Balaban J connectivity index is 1.74. The fourth-order valence-corrected chi connectivity index (χ4v) is 3.65. The van der Waals surface area contributed by atoms with Gasteiger partial charge in [-0.1, -0.05) is 54.6 Å². The predicted octanol–water partition coefficient (Wildman–Crippen LogP) is 5.57. The molecule has 1 aliphatic heterocycles. The molecular formula is C21H18F3N3. The number of fused-ring (bicyclic) bond motifs is 2. The van der Waals surface area contributed by atoms with E-state index in [9.17, 15) is 13.2 Å². The van der Waals surface area contributed by atoms with Gasteiger partial charge in [0.05, 0.1) is 0 Å². The highest BCUT2D eigenvalue weighted by molar-refractivity contribution is 6.09. The van der Waals surface area contributed by atoms with Crippen molar-refractivity contribution < 1.29 is 13.2 Å². The van der Waals surface area contributed by atoms with Gasteiger partial charge in [-0.2, -0.15) is 13.2 Å². The molecule has 1 atom stereocenters. The third kappa shape index (κ3) is 3.23. The average Bonchev–Trinajstić information content (AvgIpc) is 2.66. The van der Waals surface area contributed by atoms with Crippen molar-refractivity contribution in [3.05, 3.63) is 72.3 Å². The largest absolute Gasteiger partial charge is 0.409 e. The molecule has 0 saturated carbocycles. The number of para-hydroxylation sites is 1. The number of halogens is 3. The molecule has 4 rings (SSSR count). The van der Waals surface area contributed by atoms with Gasteiger partial charge in [0.1, 0.15) is 6.04 Å². The SMILES string of the molecule is N=C(Nc1cccc2ccccc12)N1c2ccccc2CCC1C(F)(F)F. The molecule has 2 N–H and O–H groups in total. The van der Waals surface area contributed by atoms with Crippen LogP contribution in [0.15, 0.2) is 66.7 Å². The lowest BCUT2D eigenvalue weighted by Crippen LogP contribution is -2.53. The van der Waals surface area contributed by atoms with Crippen LogP contribution in [0, 0.1) is 5.41 Å². The van der Waals surface area contributed by atoms with Crippen molar-refractivity contribution in [1.29, 1.82) is 5.41 Å². The minimum Gasteiger partial charge on any atom is -0.325 e. The lowest BCUT2D eigenvalue weighted by Gasteiger charge is -2.39. The second-order valence-electron chi connectivity index (χ2n) is 6.60. The van der Waals surface area contributed by atoms with E-state index in [1.807, 2.05) is 48.5 Å². The van der Waals surface area contributed by atoms with Gasteiger partial charge in [0.25, 0.3) is 0 Å². The number of anilines is 2. The number of nitrogens with zero attached hydrogens (tertiary/aromatic N) is 1. The minimum absolute atomic E-state index is 0.0693. The summed E-state index contributed by atoms with van der Waals surface area (Å²) in [5.74, 6) is -0.277. The van der Waals surface area contributed by atoms with Gasteiger partial charge in [-0.3, -0.25) is 5.41 Å². The van der Waals surface area contributed by atoms with E-state index in [0.717, 1.165) is 21.2 Å². The zero-order chi connectivity index (χ0) is 19.0. The average molecular weight is 369 g/mol. The maximum atomic E-state index is 13.7. The molecular weight excluding hydrogens is 351 g/mol. The molecule has 0 spiro atoms. The van der Waals surface area contributed by atoms with E-state index in [1.165, 1.54) is 0 Å². The molecule has 0 aliphatic carbocycles. The van der Waals surface area contributed by atoms with Crippen molar-refractivity contribution in [1.82, 2.24) is 0 Å². The first-order valence-corrected chi connectivity index (χ1v) is 8.72. The fourth-order valence-electron chi connectivity index (χ4n) is 3.65. The third-order valence-electron chi connectivity index (χ3n) is 4.91. The molecule has 1 aliphatic rings. The molecule has 0 bridgehead atoms. The lowest BCUT2D eigenvalue weighted by molar-refractivity contribution is -0.148. The van der Waals surface area contributed by atoms with Crippen LogP contribution in [0.3, 0.4) is 0 Å². The summed E-state index contributed by atoms with van der Waals surface area (Å²) < 4.78 is 41.0. The topological polar surface area (TPSA) is 39.1 Å². The Hall–Kier alpha value is -3.02. The summed E-state index contributed by atoms with van der Waals surface area (Å²) in [5.41, 5.74) is 1.87. The number of alkyl halides is 3. The molecule has 3 nitrogen and oxygen atoms in total. The summed E-state index contributed by atoms with van der Waals surface area (Å²) in [6.07, 6.45) is -4.14. The second kappa shape index (κ2) is 6.61. The van der Waals surface area contributed by atoms with E-state index in [4.69, 9.17) is 5.41 Å². The predicted molar refractivity (Wildman–Crippen MR) is 102 cm³/mol. The van der Waals surface area contributed by atoms with Crippen LogP contribution in [0.2, 0.25) is 0 Å². The van der Waals surface area contributed by atoms with Crippen LogP contribution in [0.4, 0.5) is 24.5 Å². The summed E-state index contributed by atoms with van der Waals surface area (Å²) in [6.45, 7) is 0. The molecule has 0 saturated heterocycles. The van der Waals surface area contributed by atoms with Gasteiger partial charge in [0.2, 0.25) is 5.96 Å². The smallest absolute Gasteiger partial charge is 0.325 e. The van der Waals surface area contributed by atoms with Gasteiger partial charge in [0, 0.05) is 16.8 Å². The van der Waals surface area contributed by atoms with Crippen molar-refractivity contribution in [3.63, 3.8) is 0 Å². The highest BCUT2D eigenvalue weighted by atomic mass is 19.4. The third-order valence-corrected chi connectivity index (χ3v) is 4.91. The molecule has 27 heavy (non-hydrogen) atoms. The number of hydrogen-bond donors (Lipinski definition) is 2. The van der Waals surface area contributed by atoms with Gasteiger partial charge >= 0.3 is 6.18 Å². The van der Waals surface area contributed by atoms with Crippen molar-refractivity contribution >= 4 is 28.1 Å². The summed E-state index contributed by atoms with van der Waals surface area (Å²) in [6, 6.07) is 18.4. The van der Waals surface area contributed by atoms with Crippen LogP contribution in [0.5, 0.6) is 0 Å². The Morgan fingerprint density at radius 1 is 0.963 bits per heavy atom. The van der Waals surface area contributed by atoms with E-state index in [-0.39, 0.29) is 12.4 Å². The maximum absolute atomic E-state index is 13.7. The highest BCUT2D eigenvalue weighted by Crippen LogP contribution is 2.38. The summed E-state index contributed by atoms with van der Waals surface area (Å²) in [4.78, 5) is 1.07. The van der Waals surface area contributed by atoms with Gasteiger partial charge in [-0.05, 0) is 35.9 Å². The zero-order valence-electron chi connectivity index (χ0n) is 14.4. The zero-order valence-corrected chi connectivity index (χ0v) is 14.4. The van der Waals surface area contributed by atoms with Crippen LogP contribution < -0.4 is 10.2 Å². The first-order valence-electron chi connectivity index (χ1n) is 8.72. The summed E-state index contributed by atoms with van der Waals surface area (Å²) in [7, 11) is 0. The number of benzene rings is 3. The number of rotatable bonds is 1. The van der Waals surface area contributed by atoms with Gasteiger partial charge in [0.15, 0.2) is 0 Å². The molecule has 3 aromatic carbocycles. The van der Waals surface area contributed by atoms with Crippen molar-refractivity contribution in [3.8, 4) is 0 Å². The fraction of sp³-hybridized carbons (Fsp3) is 0.190. The van der Waals surface area contributed by atoms with Gasteiger partial charge in [-0.25, -0.2) is 0 Å². The Labute approximate surface area is 154 Å². The maximum Gasteiger partial charge on any atom is 0.409 e. The molecule has 0 radical (unpaired) electrons. The first-order chi connectivity index (χ1) is 12.9. The molecule has 6 heteroatoms. The van der Waals surface area contributed by atoms with E-state index in [1.54, 1.807) is 18.2 Å². The van der Waals surface area contributed by atoms with Crippen molar-refractivity contribution in [2.75, 3.05) is 10.2 Å². The Morgan fingerprint density at radius 3 is 2.48 bits per heavy atom. The normalized spacial score (nSPS) is 16.9. The van der Waals surface area contributed by atoms with E-state index in [2.05, 4.69) is 5.32 Å². The van der Waals surface area contributed by atoms with Crippen LogP contribution in [0.25, 0.3) is 10.8 Å². The molecule has 0 amide bonds. The molecule has 3 aromatic rings. The van der Waals surface area contributed by atoms with Crippen LogP contribution in [-0.4, -0.2) is 18.2 Å². The number of guanidine groups is 1. The lowest BCUT2D eigenvalue weighted by atomic mass is 9.95. The quantitative estimate of drug-likeness (QED) is 0.435. The first kappa shape index (κ1) is 17.4. The van der Waals surface area contributed by atoms with Crippen LogP contribution in [-0.2, 0) is 6.42 Å². The van der Waals surface area contributed by atoms with Crippen LogP contribution >= 0.6 is 0 Å². The summed E-state index contributed by atoms with van der Waals surface area (Å²) >= 11 is 0. The Bertz CT molecular complexity index is 992. The molecule has 0 fully saturated rings. The molecule has 138 valence electrons. The number of hydrogen-bond acceptors (Lipinski definition) is 1. The molecule has 1 unspecified atom stereocenters. The molecule has 1 heterocycles. The minimum atomic E-state index is -4.42. The Kier molecular flexibility index (Phi) is 4.26. The van der Waals surface area contributed by atoms with Crippen molar-refractivity contribution in [2.45, 2.75) is 25.1 Å². The van der Waals surface area contributed by atoms with E-state index >= 15 is 0 Å². The Morgan fingerprint density at radius 2 is 1.67 bits per heavy atom. The molecule has 0 aromatic heterocycles.